The fourth-order valence-corrected chi connectivity index (χ4v) is 19.1. The summed E-state index contributed by atoms with van der Waals surface area (Å²) in [5.41, 5.74) is 24.4. The number of fused-ring (bicyclic) bond motifs is 11. The Bertz CT molecular complexity index is 4890. The number of benzene rings is 11. The second-order valence-electron chi connectivity index (χ2n) is 34.7. The van der Waals surface area contributed by atoms with Gasteiger partial charge in [-0.3, -0.25) is 0 Å². The van der Waals surface area contributed by atoms with Gasteiger partial charge in [-0.2, -0.15) is 0 Å². The number of rotatable bonds is 10. The molecule has 1 aromatic heterocycles. The van der Waals surface area contributed by atoms with Gasteiger partial charge in [0.15, 0.2) is 0 Å². The molecule has 2 aliphatic rings. The van der Waals surface area contributed by atoms with Crippen LogP contribution in [-0.4, -0.2) is 8.07 Å². The van der Waals surface area contributed by atoms with Crippen molar-refractivity contribution < 1.29 is 9.15 Å². The van der Waals surface area contributed by atoms with E-state index in [2.05, 4.69) is 378 Å². The van der Waals surface area contributed by atoms with Crippen molar-refractivity contribution in [3.8, 4) is 33.8 Å². The molecule has 98 heavy (non-hydrogen) atoms. The van der Waals surface area contributed by atoms with Crippen LogP contribution >= 0.6 is 0 Å². The SMILES string of the molecule is CC(C)(C)c1ccc(Oc2ccc(C3(c4ccc(C(C)(C)C)cc4)c4cc(N(c5ccc(C(C)(C)C)cc5)c5ccc(C(C)(C)C)cc5)c5c(c4-c4c3cc(N(c3ccc(C(C)(C)C)cc3)c3ccc(C(C)(C)C)cc3)c3c4oc4ccccc43)[Si](C)(C)c3ccccc3-5)cc2)cc1. The molecule has 4 nitrogen and oxygen atoms in total. The lowest BCUT2D eigenvalue weighted by molar-refractivity contribution is 0.481. The highest BCUT2D eigenvalue weighted by Crippen LogP contribution is 2.64. The molecule has 0 saturated heterocycles. The maximum absolute atomic E-state index is 7.84. The van der Waals surface area contributed by atoms with Crippen molar-refractivity contribution in [1.82, 2.24) is 0 Å². The van der Waals surface area contributed by atoms with Gasteiger partial charge in [0.25, 0.3) is 0 Å². The predicted octanol–water partition coefficient (Wildman–Crippen LogP) is 25.3. The number of nitrogens with zero attached hydrogens (tertiary/aromatic N) is 2. The third-order valence-electron chi connectivity index (χ3n) is 21.4. The summed E-state index contributed by atoms with van der Waals surface area (Å²) in [4.78, 5) is 5.12. The van der Waals surface area contributed by atoms with Crippen LogP contribution < -0.4 is 24.9 Å². The fourth-order valence-electron chi connectivity index (χ4n) is 15.7. The minimum atomic E-state index is -2.73. The summed E-state index contributed by atoms with van der Waals surface area (Å²) in [6.07, 6.45) is 0. The predicted molar refractivity (Wildman–Crippen MR) is 421 cm³/mol. The van der Waals surface area contributed by atoms with Gasteiger partial charge < -0.3 is 19.0 Å². The van der Waals surface area contributed by atoms with Crippen molar-refractivity contribution in [1.29, 1.82) is 0 Å². The molecule has 0 saturated carbocycles. The number of furan rings is 1. The zero-order valence-corrected chi connectivity index (χ0v) is 62.7. The smallest absolute Gasteiger partial charge is 0.145 e. The minimum absolute atomic E-state index is 0.0112. The Hall–Kier alpha value is -9.16. The molecule has 12 aromatic rings. The van der Waals surface area contributed by atoms with Crippen LogP contribution in [0.3, 0.4) is 0 Å². The second kappa shape index (κ2) is 23.2. The molecule has 11 aromatic carbocycles. The van der Waals surface area contributed by atoms with E-state index in [0.29, 0.717) is 0 Å². The van der Waals surface area contributed by atoms with Gasteiger partial charge >= 0.3 is 0 Å². The van der Waals surface area contributed by atoms with E-state index in [9.17, 15) is 0 Å². The monoisotopic (exact) mass is 1300 g/mol. The topological polar surface area (TPSA) is 28.9 Å². The molecule has 1 unspecified atom stereocenters. The van der Waals surface area contributed by atoms with Crippen LogP contribution in [0.2, 0.25) is 13.1 Å². The Labute approximate surface area is 585 Å². The van der Waals surface area contributed by atoms with Gasteiger partial charge in [0.2, 0.25) is 0 Å². The molecule has 2 heterocycles. The molecule has 5 heteroatoms. The lowest BCUT2D eigenvalue weighted by atomic mass is 9.67. The summed E-state index contributed by atoms with van der Waals surface area (Å²) < 4.78 is 14.7. The summed E-state index contributed by atoms with van der Waals surface area (Å²) in [7, 11) is -2.73. The van der Waals surface area contributed by atoms with Crippen molar-refractivity contribution in [2.75, 3.05) is 9.80 Å². The first-order valence-electron chi connectivity index (χ1n) is 35.5. The number of hydrogen-bond donors (Lipinski definition) is 0. The van der Waals surface area contributed by atoms with Crippen LogP contribution in [0, 0.1) is 0 Å². The highest BCUT2D eigenvalue weighted by Gasteiger charge is 2.54. The van der Waals surface area contributed by atoms with E-state index in [4.69, 9.17) is 9.15 Å². The van der Waals surface area contributed by atoms with Gasteiger partial charge in [-0.05, 0) is 201 Å². The third-order valence-corrected chi connectivity index (χ3v) is 24.9. The van der Waals surface area contributed by atoms with Crippen molar-refractivity contribution >= 4 is 74.5 Å². The first-order chi connectivity index (χ1) is 46.1. The van der Waals surface area contributed by atoms with Crippen LogP contribution in [0.5, 0.6) is 11.5 Å². The lowest BCUT2D eigenvalue weighted by Crippen LogP contribution is -2.50. The normalized spacial score (nSPS) is 15.3. The average molecular weight is 1300 g/mol. The molecule has 0 amide bonds. The van der Waals surface area contributed by atoms with Gasteiger partial charge in [-0.25, -0.2) is 0 Å². The number of ether oxygens (including phenoxy) is 1. The van der Waals surface area contributed by atoms with Crippen LogP contribution in [0.25, 0.3) is 44.2 Å². The molecule has 0 radical (unpaired) electrons. The first-order valence-corrected chi connectivity index (χ1v) is 38.5. The van der Waals surface area contributed by atoms with Gasteiger partial charge in [-0.15, -0.1) is 0 Å². The number of hydrogen-bond acceptors (Lipinski definition) is 4. The number of para-hydroxylation sites is 1. The zero-order valence-electron chi connectivity index (χ0n) is 61.7. The highest BCUT2D eigenvalue weighted by molar-refractivity contribution is 7.05. The molecule has 14 rings (SSSR count). The first kappa shape index (κ1) is 66.1. The van der Waals surface area contributed by atoms with Crippen LogP contribution in [0.15, 0.2) is 235 Å². The highest BCUT2D eigenvalue weighted by atomic mass is 28.3. The molecule has 0 spiro atoms. The third kappa shape index (κ3) is 11.2. The van der Waals surface area contributed by atoms with E-state index in [0.717, 1.165) is 78.7 Å². The van der Waals surface area contributed by atoms with Crippen LogP contribution in [0.1, 0.15) is 180 Å². The summed E-state index contributed by atoms with van der Waals surface area (Å²) in [6.45, 7) is 46.6. The molecule has 0 fully saturated rings. The van der Waals surface area contributed by atoms with E-state index in [1.807, 2.05) is 0 Å². The maximum Gasteiger partial charge on any atom is 0.145 e. The van der Waals surface area contributed by atoms with Gasteiger partial charge in [0, 0.05) is 39.3 Å². The van der Waals surface area contributed by atoms with Crippen LogP contribution in [0.4, 0.5) is 34.1 Å². The van der Waals surface area contributed by atoms with E-state index >= 15 is 0 Å². The lowest BCUT2D eigenvalue weighted by Gasteiger charge is -2.37. The summed E-state index contributed by atoms with van der Waals surface area (Å²) in [5.74, 6) is 1.57. The molecule has 1 atom stereocenters. The van der Waals surface area contributed by atoms with Crippen LogP contribution in [-0.2, 0) is 37.9 Å². The number of anilines is 6. The maximum atomic E-state index is 7.84. The van der Waals surface area contributed by atoms with E-state index in [1.165, 1.54) is 77.1 Å². The minimum Gasteiger partial charge on any atom is -0.457 e. The Morgan fingerprint density at radius 1 is 0.347 bits per heavy atom. The quantitative estimate of drug-likeness (QED) is 0.128. The van der Waals surface area contributed by atoms with E-state index in [1.54, 1.807) is 0 Å². The molecule has 1 aliphatic heterocycles. The molecule has 0 N–H and O–H groups in total. The van der Waals surface area contributed by atoms with Crippen molar-refractivity contribution in [2.24, 2.45) is 0 Å². The van der Waals surface area contributed by atoms with Crippen molar-refractivity contribution in [3.63, 3.8) is 0 Å². The molecule has 496 valence electrons. The Morgan fingerprint density at radius 2 is 0.684 bits per heavy atom. The zero-order chi connectivity index (χ0) is 69.6. The van der Waals surface area contributed by atoms with Crippen molar-refractivity contribution in [3.05, 3.63) is 286 Å². The summed E-state index contributed by atoms with van der Waals surface area (Å²) in [6, 6.07) is 88.4. The molecular formula is C93H98N2O2Si. The van der Waals surface area contributed by atoms with E-state index in [-0.39, 0.29) is 32.5 Å². The average Bonchev–Trinajstić information content (AvgIpc) is 1.49. The Balaban J connectivity index is 1.17. The molecule has 0 bridgehead atoms. The molecule has 1 aliphatic carbocycles. The van der Waals surface area contributed by atoms with Crippen molar-refractivity contribution in [2.45, 2.75) is 176 Å². The summed E-state index contributed by atoms with van der Waals surface area (Å²) in [5, 5.41) is 5.01. The van der Waals surface area contributed by atoms with Gasteiger partial charge in [0.05, 0.1) is 22.2 Å². The van der Waals surface area contributed by atoms with Gasteiger partial charge in [0.1, 0.15) is 30.7 Å². The Morgan fingerprint density at radius 3 is 1.11 bits per heavy atom. The standard InChI is InChI=1S/C93H98N2O2Si/c1-87(2,3)59-29-31-65(32-30-59)93(66-43-55-72(56-44-66)96-71-53-41-64(42-54-71)92(16,17)18)75-57-77(94(67-45-33-60(34-46-67)88(4,5)6)68-47-35-61(36-48-68)89(7,8)9)81-73-25-21-23-27-79(73)97-85(81)83(75)84-76(93)58-78(82-74-26-22-24-28-80(74)98(19,20)86(82)84)95(69-49-37-62(38-50-69)90(10,11)12)70-51-39-63(40-52-70)91(13,14)15/h21-58H,1-20H3. The fraction of sp³-hybridized carbons (Fsp3) is 0.290. The largest absolute Gasteiger partial charge is 0.457 e. The summed E-state index contributed by atoms with van der Waals surface area (Å²) >= 11 is 0. The van der Waals surface area contributed by atoms with Gasteiger partial charge in [-0.1, -0.05) is 277 Å². The van der Waals surface area contributed by atoms with E-state index < -0.39 is 13.5 Å². The molecular weight excluding hydrogens is 1210 g/mol. The second-order valence-corrected chi connectivity index (χ2v) is 39.0. The Kier molecular flexibility index (Phi) is 15.7.